The van der Waals surface area contributed by atoms with E-state index in [1.54, 1.807) is 0 Å². The van der Waals surface area contributed by atoms with Crippen LogP contribution in [-0.4, -0.2) is 12.9 Å². The summed E-state index contributed by atoms with van der Waals surface area (Å²) in [5.41, 5.74) is 5.10. The first kappa shape index (κ1) is 13.3. The molecule has 2 heteroatoms. The number of ether oxygens (including phenoxy) is 1. The molecule has 0 aromatic heterocycles. The number of hydrogen-bond donors (Lipinski definition) is 0. The molecule has 2 aromatic rings. The number of aldehydes is 1. The molecule has 0 radical (unpaired) electrons. The molecule has 0 heterocycles. The average molecular weight is 254 g/mol. The highest BCUT2D eigenvalue weighted by Crippen LogP contribution is 2.30. The van der Waals surface area contributed by atoms with E-state index in [2.05, 4.69) is 12.1 Å². The van der Waals surface area contributed by atoms with Crippen molar-refractivity contribution in [3.63, 3.8) is 0 Å². The molecule has 0 spiro atoms. The maximum Gasteiger partial charge on any atom is 0.150 e. The summed E-state index contributed by atoms with van der Waals surface area (Å²) in [7, 11) is 0. The average Bonchev–Trinajstić information content (AvgIpc) is 2.42. The summed E-state index contributed by atoms with van der Waals surface area (Å²) in [5, 5.41) is 0. The predicted octanol–water partition coefficient (Wildman–Crippen LogP) is 4.18. The second-order valence-corrected chi connectivity index (χ2v) is 4.62. The summed E-state index contributed by atoms with van der Waals surface area (Å²) in [4.78, 5) is 10.8. The molecule has 0 saturated heterocycles. The van der Waals surface area contributed by atoms with E-state index in [0.717, 1.165) is 34.3 Å². The van der Waals surface area contributed by atoms with Gasteiger partial charge in [0.1, 0.15) is 12.0 Å². The Hall–Kier alpha value is -2.09. The second-order valence-electron chi connectivity index (χ2n) is 4.62. The predicted molar refractivity (Wildman–Crippen MR) is 77.9 cm³/mol. The summed E-state index contributed by atoms with van der Waals surface area (Å²) in [6.45, 7) is 6.75. The van der Waals surface area contributed by atoms with Crippen molar-refractivity contribution in [3.8, 4) is 16.9 Å². The van der Waals surface area contributed by atoms with Crippen molar-refractivity contribution < 1.29 is 9.53 Å². The first-order valence-corrected chi connectivity index (χ1v) is 6.45. The molecule has 0 aliphatic carbocycles. The molecule has 2 rings (SSSR count). The van der Waals surface area contributed by atoms with Crippen LogP contribution < -0.4 is 4.74 Å². The lowest BCUT2D eigenvalue weighted by atomic mass is 9.98. The lowest BCUT2D eigenvalue weighted by Gasteiger charge is -2.13. The van der Waals surface area contributed by atoms with E-state index < -0.39 is 0 Å². The van der Waals surface area contributed by atoms with E-state index in [-0.39, 0.29) is 0 Å². The van der Waals surface area contributed by atoms with Gasteiger partial charge in [-0.1, -0.05) is 18.2 Å². The maximum absolute atomic E-state index is 10.8. The van der Waals surface area contributed by atoms with E-state index in [4.69, 9.17) is 4.74 Å². The summed E-state index contributed by atoms with van der Waals surface area (Å²) in [5.74, 6) is 0.956. The molecule has 0 N–H and O–H groups in total. The Morgan fingerprint density at radius 2 is 1.74 bits per heavy atom. The smallest absolute Gasteiger partial charge is 0.150 e. The van der Waals surface area contributed by atoms with Crippen LogP contribution in [0, 0.1) is 13.8 Å². The van der Waals surface area contributed by atoms with Gasteiger partial charge in [0.15, 0.2) is 0 Å². The monoisotopic (exact) mass is 254 g/mol. The Bertz CT molecular complexity index is 577. The van der Waals surface area contributed by atoms with Crippen LogP contribution in [-0.2, 0) is 0 Å². The number of rotatable bonds is 4. The maximum atomic E-state index is 10.8. The molecule has 0 saturated carbocycles. The van der Waals surface area contributed by atoms with Crippen LogP contribution >= 0.6 is 0 Å². The Morgan fingerprint density at radius 1 is 1.05 bits per heavy atom. The number of hydrogen-bond acceptors (Lipinski definition) is 2. The highest BCUT2D eigenvalue weighted by Gasteiger charge is 2.07. The van der Waals surface area contributed by atoms with E-state index >= 15 is 0 Å². The third-order valence-electron chi connectivity index (χ3n) is 3.11. The zero-order chi connectivity index (χ0) is 13.8. The first-order chi connectivity index (χ1) is 9.15. The molecular formula is C17H18O2. The van der Waals surface area contributed by atoms with Crippen LogP contribution in [0.4, 0.5) is 0 Å². The molecule has 2 aromatic carbocycles. The molecule has 0 fully saturated rings. The SMILES string of the molecule is CCOc1c(C)cc(-c2cccc(C=O)c2)cc1C. The van der Waals surface area contributed by atoms with E-state index in [0.29, 0.717) is 12.2 Å². The summed E-state index contributed by atoms with van der Waals surface area (Å²) in [6.07, 6.45) is 0.873. The fourth-order valence-electron chi connectivity index (χ4n) is 2.28. The van der Waals surface area contributed by atoms with E-state index in [1.165, 1.54) is 0 Å². The van der Waals surface area contributed by atoms with Gasteiger partial charge in [0.2, 0.25) is 0 Å². The zero-order valence-electron chi connectivity index (χ0n) is 11.6. The van der Waals surface area contributed by atoms with Gasteiger partial charge in [0.25, 0.3) is 0 Å². The van der Waals surface area contributed by atoms with E-state index in [9.17, 15) is 4.79 Å². The van der Waals surface area contributed by atoms with Crippen molar-refractivity contribution >= 4 is 6.29 Å². The molecule has 0 aliphatic heterocycles. The van der Waals surface area contributed by atoms with Gasteiger partial charge >= 0.3 is 0 Å². The largest absolute Gasteiger partial charge is 0.493 e. The van der Waals surface area contributed by atoms with Crippen molar-refractivity contribution in [1.82, 2.24) is 0 Å². The van der Waals surface area contributed by atoms with Gasteiger partial charge in [-0.3, -0.25) is 4.79 Å². The molecule has 0 amide bonds. The van der Waals surface area contributed by atoms with Crippen molar-refractivity contribution in [2.75, 3.05) is 6.61 Å². The normalized spacial score (nSPS) is 10.3. The third kappa shape index (κ3) is 2.84. The first-order valence-electron chi connectivity index (χ1n) is 6.45. The van der Waals surface area contributed by atoms with Crippen molar-refractivity contribution in [3.05, 3.63) is 53.1 Å². The van der Waals surface area contributed by atoms with Crippen LogP contribution in [0.5, 0.6) is 5.75 Å². The number of aryl methyl sites for hydroxylation is 2. The Balaban J connectivity index is 2.48. The lowest BCUT2D eigenvalue weighted by molar-refractivity contribution is 0.112. The summed E-state index contributed by atoms with van der Waals surface area (Å²) < 4.78 is 5.65. The Kier molecular flexibility index (Phi) is 4.00. The number of benzene rings is 2. The Labute approximate surface area is 114 Å². The van der Waals surface area contributed by atoms with Gasteiger partial charge in [-0.05, 0) is 61.2 Å². The van der Waals surface area contributed by atoms with Crippen LogP contribution in [0.15, 0.2) is 36.4 Å². The standard InChI is InChI=1S/C17H18O2/c1-4-19-17-12(2)8-16(9-13(17)3)15-7-5-6-14(10-15)11-18/h5-11H,4H2,1-3H3. The van der Waals surface area contributed by atoms with Crippen LogP contribution in [0.25, 0.3) is 11.1 Å². The zero-order valence-corrected chi connectivity index (χ0v) is 11.6. The fraction of sp³-hybridized carbons (Fsp3) is 0.235. The molecule has 0 aliphatic rings. The fourth-order valence-corrected chi connectivity index (χ4v) is 2.28. The lowest BCUT2D eigenvalue weighted by Crippen LogP contribution is -1.97. The Morgan fingerprint density at radius 3 is 2.32 bits per heavy atom. The minimum Gasteiger partial charge on any atom is -0.493 e. The quantitative estimate of drug-likeness (QED) is 0.765. The van der Waals surface area contributed by atoms with Crippen LogP contribution in [0.1, 0.15) is 28.4 Å². The molecule has 0 bridgehead atoms. The highest BCUT2D eigenvalue weighted by atomic mass is 16.5. The minimum atomic E-state index is 0.668. The van der Waals surface area contributed by atoms with E-state index in [1.807, 2.05) is 45.0 Å². The van der Waals surface area contributed by atoms with Crippen molar-refractivity contribution in [2.45, 2.75) is 20.8 Å². The highest BCUT2D eigenvalue weighted by molar-refractivity contribution is 5.79. The van der Waals surface area contributed by atoms with Crippen LogP contribution in [0.2, 0.25) is 0 Å². The molecule has 0 atom stereocenters. The van der Waals surface area contributed by atoms with Gasteiger partial charge in [-0.15, -0.1) is 0 Å². The molecule has 2 nitrogen and oxygen atoms in total. The summed E-state index contributed by atoms with van der Waals surface area (Å²) >= 11 is 0. The minimum absolute atomic E-state index is 0.668. The van der Waals surface area contributed by atoms with Crippen molar-refractivity contribution in [1.29, 1.82) is 0 Å². The molecule has 98 valence electrons. The number of carbonyl (C=O) groups excluding carboxylic acids is 1. The molecular weight excluding hydrogens is 236 g/mol. The van der Waals surface area contributed by atoms with Gasteiger partial charge < -0.3 is 4.74 Å². The van der Waals surface area contributed by atoms with Crippen molar-refractivity contribution in [2.24, 2.45) is 0 Å². The second kappa shape index (κ2) is 5.70. The van der Waals surface area contributed by atoms with Gasteiger partial charge in [-0.25, -0.2) is 0 Å². The van der Waals surface area contributed by atoms with Crippen LogP contribution in [0.3, 0.4) is 0 Å². The number of carbonyl (C=O) groups is 1. The molecule has 19 heavy (non-hydrogen) atoms. The van der Waals surface area contributed by atoms with Gasteiger partial charge in [0.05, 0.1) is 6.61 Å². The summed E-state index contributed by atoms with van der Waals surface area (Å²) in [6, 6.07) is 11.8. The topological polar surface area (TPSA) is 26.3 Å². The molecule has 0 unspecified atom stereocenters. The third-order valence-corrected chi connectivity index (χ3v) is 3.11. The van der Waals surface area contributed by atoms with Gasteiger partial charge in [0, 0.05) is 5.56 Å². The van der Waals surface area contributed by atoms with Gasteiger partial charge in [-0.2, -0.15) is 0 Å².